The van der Waals surface area contributed by atoms with Crippen LogP contribution in [0.25, 0.3) is 21.9 Å². The van der Waals surface area contributed by atoms with Gasteiger partial charge in [0.2, 0.25) is 5.43 Å². The average Bonchev–Trinajstić information content (AvgIpc) is 2.60. The lowest BCUT2D eigenvalue weighted by molar-refractivity contribution is 0.313. The first-order valence-electron chi connectivity index (χ1n) is 7.89. The highest BCUT2D eigenvalue weighted by molar-refractivity contribution is 5.90. The van der Waals surface area contributed by atoms with E-state index in [4.69, 9.17) is 25.4 Å². The molecule has 0 spiro atoms. The molecule has 0 amide bonds. The zero-order valence-electron chi connectivity index (χ0n) is 13.3. The van der Waals surface area contributed by atoms with Crippen LogP contribution in [0.2, 0.25) is 0 Å². The molecule has 0 aliphatic rings. The van der Waals surface area contributed by atoms with Gasteiger partial charge in [-0.1, -0.05) is 0 Å². The molecule has 0 aliphatic heterocycles. The molecule has 0 bridgehead atoms. The van der Waals surface area contributed by atoms with E-state index in [1.54, 1.807) is 36.4 Å². The van der Waals surface area contributed by atoms with Crippen LogP contribution in [-0.2, 0) is 0 Å². The SMILES string of the molecule is NCCCOc1ccc2c(=O)c3ccc(OCCN)cc3oc2c1. The van der Waals surface area contributed by atoms with Gasteiger partial charge in [0.15, 0.2) is 0 Å². The second kappa shape index (κ2) is 7.33. The molecule has 0 atom stereocenters. The van der Waals surface area contributed by atoms with Crippen LogP contribution in [0, 0.1) is 0 Å². The van der Waals surface area contributed by atoms with E-state index in [9.17, 15) is 4.79 Å². The van der Waals surface area contributed by atoms with Crippen molar-refractivity contribution in [1.82, 2.24) is 0 Å². The van der Waals surface area contributed by atoms with Crippen LogP contribution < -0.4 is 26.4 Å². The number of ether oxygens (including phenoxy) is 2. The molecule has 0 unspecified atom stereocenters. The van der Waals surface area contributed by atoms with Gasteiger partial charge in [-0.05, 0) is 37.2 Å². The second-order valence-electron chi connectivity index (χ2n) is 5.37. The van der Waals surface area contributed by atoms with Gasteiger partial charge in [-0.15, -0.1) is 0 Å². The Labute approximate surface area is 138 Å². The van der Waals surface area contributed by atoms with Gasteiger partial charge in [0.25, 0.3) is 0 Å². The van der Waals surface area contributed by atoms with Gasteiger partial charge in [-0.25, -0.2) is 0 Å². The Balaban J connectivity index is 2.02. The molecule has 1 heterocycles. The number of fused-ring (bicyclic) bond motifs is 2. The first-order chi connectivity index (χ1) is 11.7. The highest BCUT2D eigenvalue weighted by Crippen LogP contribution is 2.25. The van der Waals surface area contributed by atoms with E-state index >= 15 is 0 Å². The molecule has 126 valence electrons. The zero-order valence-corrected chi connectivity index (χ0v) is 13.3. The van der Waals surface area contributed by atoms with E-state index in [0.717, 1.165) is 6.42 Å². The summed E-state index contributed by atoms with van der Waals surface area (Å²) in [5.41, 5.74) is 11.8. The molecular formula is C18H20N2O4. The van der Waals surface area contributed by atoms with Gasteiger partial charge in [-0.2, -0.15) is 0 Å². The third kappa shape index (κ3) is 3.34. The van der Waals surface area contributed by atoms with Crippen LogP contribution in [-0.4, -0.2) is 26.3 Å². The van der Waals surface area contributed by atoms with Gasteiger partial charge < -0.3 is 25.4 Å². The van der Waals surface area contributed by atoms with Crippen molar-refractivity contribution in [3.63, 3.8) is 0 Å². The van der Waals surface area contributed by atoms with Crippen molar-refractivity contribution in [3.8, 4) is 11.5 Å². The summed E-state index contributed by atoms with van der Waals surface area (Å²) in [6.45, 7) is 1.92. The summed E-state index contributed by atoms with van der Waals surface area (Å²) in [6, 6.07) is 10.4. The van der Waals surface area contributed by atoms with Crippen molar-refractivity contribution in [2.75, 3.05) is 26.3 Å². The van der Waals surface area contributed by atoms with Gasteiger partial charge in [-0.3, -0.25) is 4.79 Å². The number of nitrogens with two attached hydrogens (primary N) is 2. The minimum Gasteiger partial charge on any atom is -0.493 e. The van der Waals surface area contributed by atoms with Gasteiger partial charge >= 0.3 is 0 Å². The Morgan fingerprint density at radius 2 is 1.42 bits per heavy atom. The predicted molar refractivity (Wildman–Crippen MR) is 93.7 cm³/mol. The molecule has 1 aromatic heterocycles. The number of benzene rings is 2. The summed E-state index contributed by atoms with van der Waals surface area (Å²) >= 11 is 0. The molecular weight excluding hydrogens is 308 g/mol. The summed E-state index contributed by atoms with van der Waals surface area (Å²) in [5.74, 6) is 1.26. The summed E-state index contributed by atoms with van der Waals surface area (Å²) in [7, 11) is 0. The van der Waals surface area contributed by atoms with E-state index < -0.39 is 0 Å². The maximum Gasteiger partial charge on any atom is 0.200 e. The standard InChI is InChI=1S/C18H20N2O4/c19-6-1-8-22-12-2-4-14-16(10-12)24-17-11-13(23-9-7-20)3-5-15(17)18(14)21/h2-5,10-11H,1,6-9,19-20H2. The van der Waals surface area contributed by atoms with Crippen molar-refractivity contribution in [1.29, 1.82) is 0 Å². The van der Waals surface area contributed by atoms with Crippen molar-refractivity contribution in [2.24, 2.45) is 11.5 Å². The fourth-order valence-electron chi connectivity index (χ4n) is 2.44. The molecule has 24 heavy (non-hydrogen) atoms. The third-order valence-corrected chi connectivity index (χ3v) is 3.62. The van der Waals surface area contributed by atoms with Crippen molar-refractivity contribution >= 4 is 21.9 Å². The Kier molecular flexibility index (Phi) is 4.98. The van der Waals surface area contributed by atoms with Crippen molar-refractivity contribution in [2.45, 2.75) is 6.42 Å². The van der Waals surface area contributed by atoms with Gasteiger partial charge in [0.1, 0.15) is 29.3 Å². The Morgan fingerprint density at radius 3 is 1.96 bits per heavy atom. The van der Waals surface area contributed by atoms with E-state index in [2.05, 4.69) is 0 Å². The summed E-state index contributed by atoms with van der Waals surface area (Å²) in [5, 5.41) is 1.03. The molecule has 0 aliphatic carbocycles. The number of rotatable bonds is 7. The lowest BCUT2D eigenvalue weighted by atomic mass is 10.1. The first kappa shape index (κ1) is 16.3. The molecule has 2 aromatic carbocycles. The molecule has 6 nitrogen and oxygen atoms in total. The number of hydrogen-bond donors (Lipinski definition) is 2. The average molecular weight is 328 g/mol. The normalized spacial score (nSPS) is 11.1. The smallest absolute Gasteiger partial charge is 0.200 e. The van der Waals surface area contributed by atoms with E-state index in [-0.39, 0.29) is 5.43 Å². The van der Waals surface area contributed by atoms with Crippen molar-refractivity contribution < 1.29 is 13.9 Å². The maximum absolute atomic E-state index is 12.6. The Bertz CT molecular complexity index is 905. The molecule has 0 fully saturated rings. The van der Waals surface area contributed by atoms with Crippen LogP contribution in [0.4, 0.5) is 0 Å². The van der Waals surface area contributed by atoms with Crippen molar-refractivity contribution in [3.05, 3.63) is 46.6 Å². The maximum atomic E-state index is 12.6. The van der Waals surface area contributed by atoms with Crippen LogP contribution >= 0.6 is 0 Å². The summed E-state index contributed by atoms with van der Waals surface area (Å²) in [6.07, 6.45) is 0.765. The molecule has 0 saturated carbocycles. The monoisotopic (exact) mass is 328 g/mol. The van der Waals surface area contributed by atoms with Crippen LogP contribution in [0.1, 0.15) is 6.42 Å². The topological polar surface area (TPSA) is 101 Å². The fraction of sp³-hybridized carbons (Fsp3) is 0.278. The molecule has 4 N–H and O–H groups in total. The highest BCUT2D eigenvalue weighted by atomic mass is 16.5. The fourth-order valence-corrected chi connectivity index (χ4v) is 2.44. The lowest BCUT2D eigenvalue weighted by Crippen LogP contribution is -2.10. The first-order valence-corrected chi connectivity index (χ1v) is 7.89. The third-order valence-electron chi connectivity index (χ3n) is 3.62. The minimum atomic E-state index is -0.0786. The summed E-state index contributed by atoms with van der Waals surface area (Å²) in [4.78, 5) is 12.6. The quantitative estimate of drug-likeness (QED) is 0.508. The Morgan fingerprint density at radius 1 is 0.833 bits per heavy atom. The van der Waals surface area contributed by atoms with Crippen LogP contribution in [0.3, 0.4) is 0 Å². The zero-order chi connectivity index (χ0) is 16.9. The molecule has 3 aromatic rings. The minimum absolute atomic E-state index is 0.0786. The van der Waals surface area contributed by atoms with Gasteiger partial charge in [0, 0.05) is 18.7 Å². The van der Waals surface area contributed by atoms with Crippen LogP contribution in [0.5, 0.6) is 11.5 Å². The van der Waals surface area contributed by atoms with Crippen LogP contribution in [0.15, 0.2) is 45.6 Å². The number of hydrogen-bond acceptors (Lipinski definition) is 6. The van der Waals surface area contributed by atoms with E-state index in [1.165, 1.54) is 0 Å². The highest BCUT2D eigenvalue weighted by Gasteiger charge is 2.10. The summed E-state index contributed by atoms with van der Waals surface area (Å²) < 4.78 is 17.0. The Hall–Kier alpha value is -2.57. The molecule has 0 radical (unpaired) electrons. The molecule has 6 heteroatoms. The molecule has 0 saturated heterocycles. The largest absolute Gasteiger partial charge is 0.493 e. The van der Waals surface area contributed by atoms with E-state index in [0.29, 0.717) is 59.7 Å². The lowest BCUT2D eigenvalue weighted by Gasteiger charge is -2.08. The van der Waals surface area contributed by atoms with Gasteiger partial charge in [0.05, 0.1) is 17.4 Å². The predicted octanol–water partition coefficient (Wildman–Crippen LogP) is 2.01. The molecule has 3 rings (SSSR count). The second-order valence-corrected chi connectivity index (χ2v) is 5.37. The van der Waals surface area contributed by atoms with E-state index in [1.807, 2.05) is 0 Å².